The highest BCUT2D eigenvalue weighted by molar-refractivity contribution is 14.1. The highest BCUT2D eigenvalue weighted by Crippen LogP contribution is 2.11. The van der Waals surface area contributed by atoms with Crippen molar-refractivity contribution in [2.45, 2.75) is 12.8 Å². The first-order chi connectivity index (χ1) is 7.75. The number of H-pyrrole nitrogens is 1. The van der Waals surface area contributed by atoms with Gasteiger partial charge in [-0.15, -0.1) is 0 Å². The molecule has 1 fully saturated rings. The van der Waals surface area contributed by atoms with E-state index in [9.17, 15) is 4.79 Å². The fourth-order valence-electron chi connectivity index (χ4n) is 1.94. The fraction of sp³-hybridized carbons (Fsp3) is 0.545. The Kier molecular flexibility index (Phi) is 4.22. The second kappa shape index (κ2) is 5.67. The first-order valence-corrected chi connectivity index (χ1v) is 6.66. The number of halogens is 1. The predicted molar refractivity (Wildman–Crippen MR) is 71.4 cm³/mol. The molecule has 2 rings (SSSR count). The van der Waals surface area contributed by atoms with Crippen LogP contribution >= 0.6 is 22.6 Å². The third-order valence-electron chi connectivity index (χ3n) is 2.89. The van der Waals surface area contributed by atoms with Crippen LogP contribution in [0.2, 0.25) is 0 Å². The van der Waals surface area contributed by atoms with Gasteiger partial charge in [-0.25, -0.2) is 0 Å². The number of carbonyl (C=O) groups is 1. The van der Waals surface area contributed by atoms with Gasteiger partial charge in [-0.2, -0.15) is 0 Å². The zero-order valence-corrected chi connectivity index (χ0v) is 11.2. The first kappa shape index (κ1) is 11.9. The van der Waals surface area contributed by atoms with Crippen LogP contribution in [0.1, 0.15) is 23.3 Å². The smallest absolute Gasteiger partial charge is 0.267 e. The van der Waals surface area contributed by atoms with Crippen molar-refractivity contribution in [1.29, 1.82) is 0 Å². The molecule has 1 atom stereocenters. The molecule has 16 heavy (non-hydrogen) atoms. The van der Waals surface area contributed by atoms with E-state index in [1.54, 1.807) is 0 Å². The summed E-state index contributed by atoms with van der Waals surface area (Å²) in [5, 5.41) is 6.26. The van der Waals surface area contributed by atoms with E-state index in [1.807, 2.05) is 12.3 Å². The molecule has 1 unspecified atom stereocenters. The van der Waals surface area contributed by atoms with E-state index in [0.717, 1.165) is 35.5 Å². The van der Waals surface area contributed by atoms with E-state index < -0.39 is 0 Å². The number of rotatable bonds is 4. The maximum atomic E-state index is 11.7. The van der Waals surface area contributed by atoms with Crippen LogP contribution in [0.4, 0.5) is 0 Å². The number of hydrogen-bond donors (Lipinski definition) is 3. The molecule has 1 amide bonds. The van der Waals surface area contributed by atoms with Crippen LogP contribution in [0.5, 0.6) is 0 Å². The highest BCUT2D eigenvalue weighted by Gasteiger charge is 2.14. The van der Waals surface area contributed by atoms with Gasteiger partial charge in [0.25, 0.3) is 5.91 Å². The zero-order valence-electron chi connectivity index (χ0n) is 9.05. The first-order valence-electron chi connectivity index (χ1n) is 5.58. The molecule has 0 aromatic carbocycles. The minimum atomic E-state index is -0.00567. The number of amides is 1. The lowest BCUT2D eigenvalue weighted by Gasteiger charge is -2.08. The van der Waals surface area contributed by atoms with Crippen molar-refractivity contribution in [2.24, 2.45) is 5.92 Å². The summed E-state index contributed by atoms with van der Waals surface area (Å²) in [5.41, 5.74) is 0.647. The van der Waals surface area contributed by atoms with Crippen molar-refractivity contribution in [1.82, 2.24) is 15.6 Å². The summed E-state index contributed by atoms with van der Waals surface area (Å²) in [6.45, 7) is 2.98. The Bertz CT molecular complexity index is 358. The van der Waals surface area contributed by atoms with Crippen LogP contribution in [0.3, 0.4) is 0 Å². The number of hydrogen-bond acceptors (Lipinski definition) is 2. The summed E-state index contributed by atoms with van der Waals surface area (Å²) in [4.78, 5) is 14.6. The second-order valence-corrected chi connectivity index (χ2v) is 5.38. The molecule has 0 aliphatic carbocycles. The number of aromatic amines is 1. The van der Waals surface area contributed by atoms with Gasteiger partial charge in [0.15, 0.2) is 0 Å². The lowest BCUT2D eigenvalue weighted by atomic mass is 10.1. The maximum Gasteiger partial charge on any atom is 0.267 e. The molecule has 88 valence electrons. The molecule has 2 heterocycles. The van der Waals surface area contributed by atoms with E-state index in [2.05, 4.69) is 38.2 Å². The van der Waals surface area contributed by atoms with Crippen LogP contribution in [0.25, 0.3) is 0 Å². The van der Waals surface area contributed by atoms with Crippen LogP contribution < -0.4 is 10.6 Å². The molecular weight excluding hydrogens is 317 g/mol. The molecule has 1 aliphatic rings. The fourth-order valence-corrected chi connectivity index (χ4v) is 2.41. The standard InChI is InChI=1S/C11H16IN3O/c12-9-5-10(15-7-9)11(16)14-4-2-8-1-3-13-6-8/h5,7-8,13,15H,1-4,6H2,(H,14,16). The van der Waals surface area contributed by atoms with Crippen molar-refractivity contribution in [3.05, 3.63) is 21.5 Å². The summed E-state index contributed by atoms with van der Waals surface area (Å²) >= 11 is 2.18. The SMILES string of the molecule is O=C(NCCC1CCNC1)c1cc(I)c[nH]1. The summed E-state index contributed by atoms with van der Waals surface area (Å²) in [5.74, 6) is 0.720. The molecule has 1 aliphatic heterocycles. The van der Waals surface area contributed by atoms with Gasteiger partial charge in [-0.3, -0.25) is 4.79 Å². The number of carbonyl (C=O) groups excluding carboxylic acids is 1. The topological polar surface area (TPSA) is 56.9 Å². The van der Waals surface area contributed by atoms with Crippen LogP contribution in [0, 0.1) is 9.49 Å². The molecule has 0 bridgehead atoms. The third-order valence-corrected chi connectivity index (χ3v) is 3.52. The van der Waals surface area contributed by atoms with Crippen LogP contribution in [-0.2, 0) is 0 Å². The van der Waals surface area contributed by atoms with E-state index in [-0.39, 0.29) is 5.91 Å². The lowest BCUT2D eigenvalue weighted by molar-refractivity contribution is 0.0947. The predicted octanol–water partition coefficient (Wildman–Crippen LogP) is 1.35. The lowest BCUT2D eigenvalue weighted by Crippen LogP contribution is -2.26. The van der Waals surface area contributed by atoms with Gasteiger partial charge in [0.2, 0.25) is 0 Å². The average Bonchev–Trinajstić information content (AvgIpc) is 2.89. The van der Waals surface area contributed by atoms with Gasteiger partial charge < -0.3 is 15.6 Å². The zero-order chi connectivity index (χ0) is 11.4. The number of aromatic nitrogens is 1. The second-order valence-electron chi connectivity index (χ2n) is 4.13. The van der Waals surface area contributed by atoms with Crippen LogP contribution in [-0.4, -0.2) is 30.5 Å². The summed E-state index contributed by atoms with van der Waals surface area (Å²) in [7, 11) is 0. The Balaban J connectivity index is 1.71. The van der Waals surface area contributed by atoms with Gasteiger partial charge in [0.05, 0.1) is 0 Å². The summed E-state index contributed by atoms with van der Waals surface area (Å²) in [6.07, 6.45) is 4.13. The quantitative estimate of drug-likeness (QED) is 0.729. The Morgan fingerprint density at radius 3 is 3.12 bits per heavy atom. The average molecular weight is 333 g/mol. The molecule has 5 heteroatoms. The van der Waals surface area contributed by atoms with Crippen molar-refractivity contribution < 1.29 is 4.79 Å². The Morgan fingerprint density at radius 1 is 1.62 bits per heavy atom. The maximum absolute atomic E-state index is 11.7. The van der Waals surface area contributed by atoms with Crippen molar-refractivity contribution in [2.75, 3.05) is 19.6 Å². The van der Waals surface area contributed by atoms with Gasteiger partial charge >= 0.3 is 0 Å². The minimum absolute atomic E-state index is 0.00567. The molecular formula is C11H16IN3O. The van der Waals surface area contributed by atoms with E-state index in [1.165, 1.54) is 6.42 Å². The van der Waals surface area contributed by atoms with Gasteiger partial charge in [-0.1, -0.05) is 0 Å². The van der Waals surface area contributed by atoms with E-state index >= 15 is 0 Å². The van der Waals surface area contributed by atoms with Gasteiger partial charge in [0, 0.05) is 16.3 Å². The largest absolute Gasteiger partial charge is 0.356 e. The van der Waals surface area contributed by atoms with Gasteiger partial charge in [-0.05, 0) is 60.5 Å². The minimum Gasteiger partial charge on any atom is -0.356 e. The van der Waals surface area contributed by atoms with Crippen molar-refractivity contribution in [3.63, 3.8) is 0 Å². The molecule has 1 aromatic rings. The Morgan fingerprint density at radius 2 is 2.50 bits per heavy atom. The normalized spacial score (nSPS) is 19.9. The van der Waals surface area contributed by atoms with Crippen molar-refractivity contribution in [3.8, 4) is 0 Å². The Hall–Kier alpha value is -0.560. The molecule has 0 radical (unpaired) electrons. The van der Waals surface area contributed by atoms with Crippen molar-refractivity contribution >= 4 is 28.5 Å². The molecule has 1 aromatic heterocycles. The van der Waals surface area contributed by atoms with Gasteiger partial charge in [0.1, 0.15) is 5.69 Å². The summed E-state index contributed by atoms with van der Waals surface area (Å²) < 4.78 is 1.06. The number of nitrogens with one attached hydrogen (secondary N) is 3. The highest BCUT2D eigenvalue weighted by atomic mass is 127. The van der Waals surface area contributed by atoms with E-state index in [4.69, 9.17) is 0 Å². The molecule has 3 N–H and O–H groups in total. The van der Waals surface area contributed by atoms with E-state index in [0.29, 0.717) is 5.69 Å². The summed E-state index contributed by atoms with van der Waals surface area (Å²) in [6, 6.07) is 1.85. The monoisotopic (exact) mass is 333 g/mol. The molecule has 1 saturated heterocycles. The Labute approximate surface area is 109 Å². The third kappa shape index (κ3) is 3.21. The molecule has 0 spiro atoms. The molecule has 4 nitrogen and oxygen atoms in total. The van der Waals surface area contributed by atoms with Crippen LogP contribution in [0.15, 0.2) is 12.3 Å². The molecule has 0 saturated carbocycles.